The van der Waals surface area contributed by atoms with Gasteiger partial charge in [-0.1, -0.05) is 24.3 Å². The number of aromatic nitrogens is 2. The van der Waals surface area contributed by atoms with E-state index in [2.05, 4.69) is 26.1 Å². The van der Waals surface area contributed by atoms with E-state index in [1.54, 1.807) is 6.07 Å². The number of primary amides is 1. The van der Waals surface area contributed by atoms with Crippen molar-refractivity contribution in [3.63, 3.8) is 0 Å². The van der Waals surface area contributed by atoms with Gasteiger partial charge in [0.25, 0.3) is 5.91 Å². The lowest BCUT2D eigenvalue weighted by Crippen LogP contribution is -2.19. The van der Waals surface area contributed by atoms with Crippen LogP contribution in [0.4, 0.5) is 21.9 Å². The highest BCUT2D eigenvalue weighted by Crippen LogP contribution is 2.16. The molecule has 1 aromatic heterocycles. The van der Waals surface area contributed by atoms with Crippen molar-refractivity contribution in [2.45, 2.75) is 13.5 Å². The zero-order valence-electron chi connectivity index (χ0n) is 14.7. The molecule has 2 aromatic carbocycles. The van der Waals surface area contributed by atoms with Crippen molar-refractivity contribution in [3.05, 3.63) is 71.5 Å². The largest absolute Gasteiger partial charge is 0.378 e. The van der Waals surface area contributed by atoms with Gasteiger partial charge >= 0.3 is 6.03 Å². The number of nitrogens with two attached hydrogens (primary N) is 1. The van der Waals surface area contributed by atoms with Crippen LogP contribution >= 0.6 is 0 Å². The van der Waals surface area contributed by atoms with Gasteiger partial charge in [-0.05, 0) is 42.3 Å². The topological polar surface area (TPSA) is 125 Å². The quantitative estimate of drug-likeness (QED) is 0.461. The summed E-state index contributed by atoms with van der Waals surface area (Å²) in [7, 11) is 0. The number of hydrogen-bond donors (Lipinski definition) is 5. The summed E-state index contributed by atoms with van der Waals surface area (Å²) in [6.45, 7) is 2.40. The van der Waals surface area contributed by atoms with Crippen molar-refractivity contribution in [2.75, 3.05) is 16.0 Å². The SMILES string of the molecule is Cc1cccc(NC(=O)Nc2cccc(CNc3cn[nH]c3C(N)=O)c2)c1. The Kier molecular flexibility index (Phi) is 5.36. The zero-order chi connectivity index (χ0) is 19.2. The van der Waals surface area contributed by atoms with Crippen molar-refractivity contribution < 1.29 is 9.59 Å². The smallest absolute Gasteiger partial charge is 0.323 e. The standard InChI is InChI=1S/C19H20N6O2/c1-12-4-2-6-14(8-12)23-19(27)24-15-7-3-5-13(9-15)10-21-16-11-22-25-17(16)18(20)26/h2-9,11,21H,10H2,1H3,(H2,20,26)(H,22,25)(H2,23,24,27). The minimum absolute atomic E-state index is 0.224. The Morgan fingerprint density at radius 1 is 1.07 bits per heavy atom. The molecule has 0 atom stereocenters. The number of anilines is 3. The highest BCUT2D eigenvalue weighted by atomic mass is 16.2. The molecule has 27 heavy (non-hydrogen) atoms. The molecule has 8 nitrogen and oxygen atoms in total. The Morgan fingerprint density at radius 3 is 2.48 bits per heavy atom. The van der Waals surface area contributed by atoms with Crippen LogP contribution in [-0.4, -0.2) is 22.1 Å². The van der Waals surface area contributed by atoms with Gasteiger partial charge in [-0.25, -0.2) is 4.79 Å². The number of amides is 3. The number of nitrogens with one attached hydrogen (secondary N) is 4. The number of hydrogen-bond acceptors (Lipinski definition) is 4. The van der Waals surface area contributed by atoms with Gasteiger partial charge in [-0.2, -0.15) is 5.10 Å². The molecule has 8 heteroatoms. The fraction of sp³-hybridized carbons (Fsp3) is 0.105. The van der Waals surface area contributed by atoms with E-state index >= 15 is 0 Å². The van der Waals surface area contributed by atoms with Gasteiger partial charge in [0, 0.05) is 17.9 Å². The van der Waals surface area contributed by atoms with E-state index in [9.17, 15) is 9.59 Å². The van der Waals surface area contributed by atoms with Crippen molar-refractivity contribution in [1.82, 2.24) is 10.2 Å². The van der Waals surface area contributed by atoms with Gasteiger partial charge in [0.05, 0.1) is 11.9 Å². The lowest BCUT2D eigenvalue weighted by Gasteiger charge is -2.10. The molecule has 0 aliphatic heterocycles. The van der Waals surface area contributed by atoms with Crippen molar-refractivity contribution >= 4 is 29.0 Å². The third-order valence-corrected chi connectivity index (χ3v) is 3.83. The Morgan fingerprint density at radius 2 is 1.78 bits per heavy atom. The predicted octanol–water partition coefficient (Wildman–Crippen LogP) is 3.07. The molecule has 6 N–H and O–H groups in total. The highest BCUT2D eigenvalue weighted by Gasteiger charge is 2.10. The van der Waals surface area contributed by atoms with E-state index in [-0.39, 0.29) is 11.7 Å². The minimum Gasteiger partial charge on any atom is -0.378 e. The Labute approximate surface area is 156 Å². The van der Waals surface area contributed by atoms with Crippen LogP contribution in [0, 0.1) is 6.92 Å². The first-order valence-electron chi connectivity index (χ1n) is 8.32. The second kappa shape index (κ2) is 8.05. The summed E-state index contributed by atoms with van der Waals surface area (Å²) in [6.07, 6.45) is 1.50. The van der Waals surface area contributed by atoms with E-state index in [0.717, 1.165) is 16.8 Å². The number of aryl methyl sites for hydroxylation is 1. The molecular formula is C19H20N6O2. The maximum atomic E-state index is 12.2. The van der Waals surface area contributed by atoms with Crippen LogP contribution in [-0.2, 0) is 6.54 Å². The van der Waals surface area contributed by atoms with Crippen LogP contribution in [0.25, 0.3) is 0 Å². The molecule has 3 aromatic rings. The fourth-order valence-corrected chi connectivity index (χ4v) is 2.58. The van der Waals surface area contributed by atoms with E-state index in [1.165, 1.54) is 6.20 Å². The van der Waals surface area contributed by atoms with E-state index in [4.69, 9.17) is 5.73 Å². The number of H-pyrrole nitrogens is 1. The molecule has 0 aliphatic carbocycles. The van der Waals surface area contributed by atoms with Crippen LogP contribution in [0.1, 0.15) is 21.6 Å². The number of carbonyl (C=O) groups is 2. The summed E-state index contributed by atoms with van der Waals surface area (Å²) in [5.41, 5.74) is 9.39. The number of rotatable bonds is 6. The Bertz CT molecular complexity index is 966. The highest BCUT2D eigenvalue weighted by molar-refractivity contribution is 5.99. The van der Waals surface area contributed by atoms with Crippen LogP contribution in [0.15, 0.2) is 54.7 Å². The van der Waals surface area contributed by atoms with Crippen molar-refractivity contribution in [3.8, 4) is 0 Å². The molecule has 0 saturated heterocycles. The lowest BCUT2D eigenvalue weighted by molar-refractivity contribution is 0.0996. The van der Waals surface area contributed by atoms with Gasteiger partial charge in [0.1, 0.15) is 5.69 Å². The zero-order valence-corrected chi connectivity index (χ0v) is 14.7. The molecule has 3 rings (SSSR count). The van der Waals surface area contributed by atoms with Crippen LogP contribution in [0.2, 0.25) is 0 Å². The molecule has 138 valence electrons. The summed E-state index contributed by atoms with van der Waals surface area (Å²) in [6, 6.07) is 14.6. The summed E-state index contributed by atoms with van der Waals surface area (Å²) in [4.78, 5) is 23.5. The number of carbonyl (C=O) groups excluding carboxylic acids is 2. The van der Waals surface area contributed by atoms with Crippen LogP contribution in [0.3, 0.4) is 0 Å². The maximum Gasteiger partial charge on any atom is 0.323 e. The van der Waals surface area contributed by atoms with Gasteiger partial charge in [-0.3, -0.25) is 9.89 Å². The van der Waals surface area contributed by atoms with E-state index in [0.29, 0.717) is 17.9 Å². The molecule has 0 fully saturated rings. The number of aromatic amines is 1. The third kappa shape index (κ3) is 4.85. The first kappa shape index (κ1) is 18.0. The maximum absolute atomic E-state index is 12.2. The summed E-state index contributed by atoms with van der Waals surface area (Å²) in [5, 5.41) is 15.1. The van der Waals surface area contributed by atoms with E-state index in [1.807, 2.05) is 49.4 Å². The first-order valence-corrected chi connectivity index (χ1v) is 8.32. The molecule has 0 aliphatic rings. The second-order valence-corrected chi connectivity index (χ2v) is 6.03. The summed E-state index contributed by atoms with van der Waals surface area (Å²) < 4.78 is 0. The van der Waals surface area contributed by atoms with Crippen molar-refractivity contribution in [1.29, 1.82) is 0 Å². The minimum atomic E-state index is -0.585. The number of benzene rings is 2. The average Bonchev–Trinajstić information content (AvgIpc) is 3.09. The Balaban J connectivity index is 1.60. The van der Waals surface area contributed by atoms with Gasteiger partial charge in [-0.15, -0.1) is 0 Å². The fourth-order valence-electron chi connectivity index (χ4n) is 2.58. The van der Waals surface area contributed by atoms with E-state index < -0.39 is 5.91 Å². The molecule has 0 saturated carbocycles. The first-order chi connectivity index (χ1) is 13.0. The average molecular weight is 364 g/mol. The summed E-state index contributed by atoms with van der Waals surface area (Å²) >= 11 is 0. The normalized spacial score (nSPS) is 10.3. The van der Waals surface area contributed by atoms with Gasteiger partial charge < -0.3 is 21.7 Å². The molecule has 3 amide bonds. The molecule has 0 bridgehead atoms. The number of nitrogens with zero attached hydrogens (tertiary/aromatic N) is 1. The molecular weight excluding hydrogens is 344 g/mol. The van der Waals surface area contributed by atoms with Crippen molar-refractivity contribution in [2.24, 2.45) is 5.73 Å². The predicted molar refractivity (Wildman–Crippen MR) is 105 cm³/mol. The number of urea groups is 1. The molecule has 1 heterocycles. The summed E-state index contributed by atoms with van der Waals surface area (Å²) in [5.74, 6) is -0.585. The lowest BCUT2D eigenvalue weighted by atomic mass is 10.2. The molecule has 0 unspecified atom stereocenters. The monoisotopic (exact) mass is 364 g/mol. The van der Waals surface area contributed by atoms with Gasteiger partial charge in [0.15, 0.2) is 0 Å². The van der Waals surface area contributed by atoms with Crippen LogP contribution < -0.4 is 21.7 Å². The van der Waals surface area contributed by atoms with Gasteiger partial charge in [0.2, 0.25) is 0 Å². The molecule has 0 radical (unpaired) electrons. The second-order valence-electron chi connectivity index (χ2n) is 6.03. The third-order valence-electron chi connectivity index (χ3n) is 3.83. The van der Waals surface area contributed by atoms with Crippen LogP contribution in [0.5, 0.6) is 0 Å². The molecule has 0 spiro atoms. The Hall–Kier alpha value is -3.81.